The van der Waals surface area contributed by atoms with Gasteiger partial charge in [-0.2, -0.15) is 13.2 Å². The molecule has 2 aromatic heterocycles. The molecule has 0 aliphatic rings. The monoisotopic (exact) mass is 465 g/mol. The first-order valence-electron chi connectivity index (χ1n) is 9.39. The van der Waals surface area contributed by atoms with E-state index in [2.05, 4.69) is 10.1 Å². The molecule has 0 spiro atoms. The van der Waals surface area contributed by atoms with Crippen molar-refractivity contribution in [1.29, 1.82) is 0 Å². The predicted octanol–water partition coefficient (Wildman–Crippen LogP) is 6.55. The first-order chi connectivity index (χ1) is 14.6. The zero-order valence-corrected chi connectivity index (χ0v) is 18.0. The van der Waals surface area contributed by atoms with Gasteiger partial charge in [0.1, 0.15) is 0 Å². The maximum Gasteiger partial charge on any atom is 0.416 e. The molecule has 0 aliphatic heterocycles. The van der Waals surface area contributed by atoms with Gasteiger partial charge in [-0.3, -0.25) is 9.89 Å². The molecule has 1 N–H and O–H groups in total. The van der Waals surface area contributed by atoms with Crippen molar-refractivity contribution in [2.75, 3.05) is 0 Å². The Bertz CT molecular complexity index is 1360. The number of aryl methyl sites for hydroxylation is 1. The molecule has 4 rings (SSSR count). The molecule has 160 valence electrons. The summed E-state index contributed by atoms with van der Waals surface area (Å²) in [4.78, 5) is 17.7. The first kappa shape index (κ1) is 21.5. The van der Waals surface area contributed by atoms with Crippen LogP contribution in [0.15, 0.2) is 47.3 Å². The number of aromatic nitrogens is 3. The van der Waals surface area contributed by atoms with Crippen molar-refractivity contribution in [3.63, 3.8) is 0 Å². The Hall–Kier alpha value is -2.77. The van der Waals surface area contributed by atoms with Crippen molar-refractivity contribution in [2.45, 2.75) is 26.4 Å². The minimum Gasteiger partial charge on any atom is -0.293 e. The maximum absolute atomic E-state index is 13.1. The number of hydrogen-bond acceptors (Lipinski definition) is 2. The number of nitrogens with zero attached hydrogens (tertiary/aromatic N) is 2. The Morgan fingerprint density at radius 2 is 1.77 bits per heavy atom. The van der Waals surface area contributed by atoms with Crippen LogP contribution in [0.3, 0.4) is 0 Å². The lowest BCUT2D eigenvalue weighted by atomic mass is 10.0. The van der Waals surface area contributed by atoms with E-state index in [1.54, 1.807) is 25.1 Å². The van der Waals surface area contributed by atoms with Crippen molar-refractivity contribution >= 4 is 28.8 Å². The Balaban J connectivity index is 1.99. The normalized spacial score (nSPS) is 12.0. The third kappa shape index (κ3) is 3.72. The van der Waals surface area contributed by atoms with Crippen molar-refractivity contribution in [3.05, 3.63) is 79.7 Å². The highest BCUT2D eigenvalue weighted by Crippen LogP contribution is 2.36. The molecule has 31 heavy (non-hydrogen) atoms. The van der Waals surface area contributed by atoms with Crippen molar-refractivity contribution in [2.24, 2.45) is 0 Å². The fourth-order valence-electron chi connectivity index (χ4n) is 3.53. The topological polar surface area (TPSA) is 50.2 Å². The van der Waals surface area contributed by atoms with E-state index in [0.717, 1.165) is 17.8 Å². The zero-order valence-electron chi connectivity index (χ0n) is 16.4. The lowest BCUT2D eigenvalue weighted by Gasteiger charge is -2.10. The van der Waals surface area contributed by atoms with Crippen LogP contribution in [-0.4, -0.2) is 14.6 Å². The quantitative estimate of drug-likeness (QED) is 0.372. The van der Waals surface area contributed by atoms with Crippen molar-refractivity contribution in [1.82, 2.24) is 14.6 Å². The van der Waals surface area contributed by atoms with Gasteiger partial charge in [0, 0.05) is 33.0 Å². The average Bonchev–Trinajstić information content (AvgIpc) is 3.09. The van der Waals surface area contributed by atoms with Gasteiger partial charge in [0.15, 0.2) is 5.65 Å². The highest BCUT2D eigenvalue weighted by molar-refractivity contribution is 6.36. The SMILES string of the molecule is CCc1[nH]n2c(=O)c(C)c(-c3ccc(C(F)(F)F)cc3)nc2c1-c1ccc(Cl)cc1Cl. The summed E-state index contributed by atoms with van der Waals surface area (Å²) in [5.41, 5.74) is 2.31. The number of alkyl halides is 3. The highest BCUT2D eigenvalue weighted by Gasteiger charge is 2.30. The third-order valence-corrected chi connectivity index (χ3v) is 5.67. The molecule has 2 aromatic carbocycles. The van der Waals surface area contributed by atoms with Crippen LogP contribution >= 0.6 is 23.2 Å². The predicted molar refractivity (Wildman–Crippen MR) is 116 cm³/mol. The lowest BCUT2D eigenvalue weighted by molar-refractivity contribution is -0.137. The summed E-state index contributed by atoms with van der Waals surface area (Å²) in [6.45, 7) is 3.52. The van der Waals surface area contributed by atoms with E-state index in [1.165, 1.54) is 16.6 Å². The molecule has 0 saturated carbocycles. The molecule has 0 saturated heterocycles. The summed E-state index contributed by atoms with van der Waals surface area (Å²) < 4.78 is 40.1. The minimum absolute atomic E-state index is 0.312. The fraction of sp³-hybridized carbons (Fsp3) is 0.182. The maximum atomic E-state index is 13.1. The first-order valence-corrected chi connectivity index (χ1v) is 10.1. The summed E-state index contributed by atoms with van der Waals surface area (Å²) in [5.74, 6) is 0. The van der Waals surface area contributed by atoms with E-state index in [9.17, 15) is 18.0 Å². The van der Waals surface area contributed by atoms with E-state index < -0.39 is 11.7 Å². The molecule has 0 amide bonds. The Morgan fingerprint density at radius 3 is 2.35 bits per heavy atom. The number of aromatic amines is 1. The molecule has 0 fully saturated rings. The lowest BCUT2D eigenvalue weighted by Crippen LogP contribution is -2.19. The summed E-state index contributed by atoms with van der Waals surface area (Å²) in [6.07, 6.45) is -3.87. The Morgan fingerprint density at radius 1 is 1.10 bits per heavy atom. The Kier molecular flexibility index (Phi) is 5.35. The van der Waals surface area contributed by atoms with Gasteiger partial charge < -0.3 is 0 Å². The number of nitrogens with one attached hydrogen (secondary N) is 1. The molecule has 0 bridgehead atoms. The van der Waals surface area contributed by atoms with Gasteiger partial charge in [-0.1, -0.05) is 48.3 Å². The number of hydrogen-bond donors (Lipinski definition) is 1. The van der Waals surface area contributed by atoms with Crippen molar-refractivity contribution < 1.29 is 13.2 Å². The molecule has 9 heteroatoms. The van der Waals surface area contributed by atoms with Crippen LogP contribution in [0.1, 0.15) is 23.7 Å². The van der Waals surface area contributed by atoms with Gasteiger partial charge >= 0.3 is 6.18 Å². The minimum atomic E-state index is -4.44. The van der Waals surface area contributed by atoms with Gasteiger partial charge in [-0.25, -0.2) is 9.50 Å². The molecule has 2 heterocycles. The molecule has 0 aliphatic carbocycles. The van der Waals surface area contributed by atoms with Crippen LogP contribution in [0.5, 0.6) is 0 Å². The van der Waals surface area contributed by atoms with Crippen LogP contribution in [0.2, 0.25) is 10.0 Å². The van der Waals surface area contributed by atoms with E-state index in [4.69, 9.17) is 23.2 Å². The average molecular weight is 466 g/mol. The van der Waals surface area contributed by atoms with Gasteiger partial charge in [0.25, 0.3) is 5.56 Å². The summed E-state index contributed by atoms with van der Waals surface area (Å²) in [7, 11) is 0. The second kappa shape index (κ2) is 7.73. The third-order valence-electron chi connectivity index (χ3n) is 5.12. The molecule has 0 atom stereocenters. The van der Waals surface area contributed by atoms with Crippen LogP contribution in [0, 0.1) is 6.92 Å². The van der Waals surface area contributed by atoms with Gasteiger partial charge in [0.05, 0.1) is 16.3 Å². The Labute approximate surface area is 185 Å². The van der Waals surface area contributed by atoms with Crippen LogP contribution < -0.4 is 5.56 Å². The largest absolute Gasteiger partial charge is 0.416 e. The summed E-state index contributed by atoms with van der Waals surface area (Å²) in [5, 5.41) is 3.94. The fourth-order valence-corrected chi connectivity index (χ4v) is 4.03. The number of rotatable bonds is 3. The highest BCUT2D eigenvalue weighted by atomic mass is 35.5. The number of halogens is 5. The standard InChI is InChI=1S/C22H16Cl2F3N3O/c1-3-17-18(15-9-8-14(23)10-16(15)24)20-28-19(11(2)21(31)30(20)29-17)12-4-6-13(7-5-12)22(25,26)27/h4-10,29H,3H2,1-2H3. The number of H-pyrrole nitrogens is 1. The zero-order chi connectivity index (χ0) is 22.5. The molecule has 4 aromatic rings. The van der Waals surface area contributed by atoms with Crippen LogP contribution in [-0.2, 0) is 12.6 Å². The molecule has 0 radical (unpaired) electrons. The van der Waals surface area contributed by atoms with Gasteiger partial charge in [0.2, 0.25) is 0 Å². The van der Waals surface area contributed by atoms with Crippen molar-refractivity contribution in [3.8, 4) is 22.4 Å². The van der Waals surface area contributed by atoms with E-state index in [0.29, 0.717) is 50.1 Å². The second-order valence-corrected chi connectivity index (χ2v) is 7.91. The second-order valence-electron chi connectivity index (χ2n) is 7.07. The smallest absolute Gasteiger partial charge is 0.293 e. The van der Waals surface area contributed by atoms with Gasteiger partial charge in [-0.05, 0) is 37.6 Å². The molecular formula is C22H16Cl2F3N3O. The van der Waals surface area contributed by atoms with E-state index in [-0.39, 0.29) is 5.56 Å². The van der Waals surface area contributed by atoms with Crippen LogP contribution in [0.25, 0.3) is 28.0 Å². The number of fused-ring (bicyclic) bond motifs is 1. The van der Waals surface area contributed by atoms with Crippen LogP contribution in [0.4, 0.5) is 13.2 Å². The van der Waals surface area contributed by atoms with E-state index >= 15 is 0 Å². The number of benzene rings is 2. The van der Waals surface area contributed by atoms with Gasteiger partial charge in [-0.15, -0.1) is 0 Å². The van der Waals surface area contributed by atoms with E-state index in [1.807, 2.05) is 6.92 Å². The summed E-state index contributed by atoms with van der Waals surface area (Å²) >= 11 is 12.4. The molecule has 4 nitrogen and oxygen atoms in total. The molecular weight excluding hydrogens is 450 g/mol. The summed E-state index contributed by atoms with van der Waals surface area (Å²) in [6, 6.07) is 9.62. The molecule has 0 unspecified atom stereocenters.